The van der Waals surface area contributed by atoms with E-state index >= 15 is 0 Å². The average molecular weight is 407 g/mol. The van der Waals surface area contributed by atoms with E-state index in [1.165, 1.54) is 21.6 Å². The third kappa shape index (κ3) is 16.1. The van der Waals surface area contributed by atoms with E-state index in [1.807, 2.05) is 13.8 Å². The van der Waals surface area contributed by atoms with Crippen LogP contribution in [0.3, 0.4) is 0 Å². The molecule has 0 spiro atoms. The zero-order chi connectivity index (χ0) is 19.6. The molecule has 0 atom stereocenters. The Kier molecular flexibility index (Phi) is 16.1. The first kappa shape index (κ1) is 24.6. The van der Waals surface area contributed by atoms with Gasteiger partial charge in [-0.2, -0.15) is 0 Å². The molecule has 0 aromatic carbocycles. The summed E-state index contributed by atoms with van der Waals surface area (Å²) in [5.41, 5.74) is 0. The predicted molar refractivity (Wildman–Crippen MR) is 107 cm³/mol. The first-order valence-electron chi connectivity index (χ1n) is 8.89. The summed E-state index contributed by atoms with van der Waals surface area (Å²) in [6.07, 6.45) is 4.97. The number of unbranched alkanes of at least 4 members (excludes halogenated alkanes) is 3. The SMILES string of the molecule is CCCCCC(=O)NC(=O)NCCSSCC(=O)NC(=O)NCCCC. The van der Waals surface area contributed by atoms with Crippen molar-refractivity contribution >= 4 is 45.5 Å². The van der Waals surface area contributed by atoms with E-state index < -0.39 is 12.1 Å². The molecule has 0 saturated carbocycles. The molecule has 0 radical (unpaired) electrons. The van der Waals surface area contributed by atoms with Crippen molar-refractivity contribution in [2.24, 2.45) is 0 Å². The molecule has 0 aromatic heterocycles. The molecule has 150 valence electrons. The minimum atomic E-state index is -0.501. The van der Waals surface area contributed by atoms with Crippen molar-refractivity contribution < 1.29 is 19.2 Å². The normalized spacial score (nSPS) is 10.1. The van der Waals surface area contributed by atoms with E-state index in [-0.39, 0.29) is 17.6 Å². The Morgan fingerprint density at radius 2 is 1.35 bits per heavy atom. The van der Waals surface area contributed by atoms with Crippen molar-refractivity contribution in [2.75, 3.05) is 24.6 Å². The predicted octanol–water partition coefficient (Wildman–Crippen LogP) is 2.40. The molecule has 8 nitrogen and oxygen atoms in total. The fourth-order valence-electron chi connectivity index (χ4n) is 1.71. The average Bonchev–Trinajstić information content (AvgIpc) is 2.58. The van der Waals surface area contributed by atoms with Gasteiger partial charge in [0.25, 0.3) is 0 Å². The van der Waals surface area contributed by atoms with Crippen LogP contribution in [0.5, 0.6) is 0 Å². The molecule has 0 aliphatic carbocycles. The molecule has 0 aliphatic rings. The number of rotatable bonds is 13. The van der Waals surface area contributed by atoms with Gasteiger partial charge in [0, 0.05) is 25.3 Å². The van der Waals surface area contributed by atoms with Crippen molar-refractivity contribution in [3.63, 3.8) is 0 Å². The lowest BCUT2D eigenvalue weighted by molar-refractivity contribution is -0.120. The second-order valence-corrected chi connectivity index (χ2v) is 8.09. The Balaban J connectivity index is 3.56. The minimum absolute atomic E-state index is 0.147. The zero-order valence-corrected chi connectivity index (χ0v) is 17.2. The summed E-state index contributed by atoms with van der Waals surface area (Å²) in [4.78, 5) is 45.8. The first-order chi connectivity index (χ1) is 12.5. The number of amides is 6. The molecule has 4 N–H and O–H groups in total. The van der Waals surface area contributed by atoms with Crippen LogP contribution in [-0.2, 0) is 9.59 Å². The summed E-state index contributed by atoms with van der Waals surface area (Å²) in [6, 6.07) is -0.977. The lowest BCUT2D eigenvalue weighted by atomic mass is 10.2. The highest BCUT2D eigenvalue weighted by molar-refractivity contribution is 8.76. The quantitative estimate of drug-likeness (QED) is 0.276. The molecule has 0 saturated heterocycles. The summed E-state index contributed by atoms with van der Waals surface area (Å²) in [5, 5.41) is 9.71. The maximum atomic E-state index is 11.5. The number of urea groups is 2. The molecule has 26 heavy (non-hydrogen) atoms. The number of hydrogen-bond donors (Lipinski definition) is 4. The minimum Gasteiger partial charge on any atom is -0.338 e. The van der Waals surface area contributed by atoms with Gasteiger partial charge in [0.2, 0.25) is 11.8 Å². The number of nitrogens with one attached hydrogen (secondary N) is 4. The lowest BCUT2D eigenvalue weighted by Crippen LogP contribution is -2.40. The van der Waals surface area contributed by atoms with Crippen molar-refractivity contribution in [2.45, 2.75) is 52.4 Å². The maximum absolute atomic E-state index is 11.5. The molecule has 0 aromatic rings. The standard InChI is InChI=1S/C16H30N4O4S2/c1-3-5-7-8-13(21)19-16(24)18-10-11-25-26-12-14(22)20-15(23)17-9-6-4-2/h3-12H2,1-2H3,(H2,17,20,22,23)(H2,18,19,21,24). The van der Waals surface area contributed by atoms with Gasteiger partial charge in [0.15, 0.2) is 0 Å². The van der Waals surface area contributed by atoms with Crippen LogP contribution in [0.4, 0.5) is 9.59 Å². The van der Waals surface area contributed by atoms with E-state index in [9.17, 15) is 19.2 Å². The Labute approximate surface area is 163 Å². The molecule has 0 fully saturated rings. The van der Waals surface area contributed by atoms with E-state index in [1.54, 1.807) is 0 Å². The first-order valence-corrected chi connectivity index (χ1v) is 11.4. The van der Waals surface area contributed by atoms with E-state index in [0.29, 0.717) is 25.3 Å². The van der Waals surface area contributed by atoms with Gasteiger partial charge in [-0.3, -0.25) is 20.2 Å². The Morgan fingerprint density at radius 3 is 2.00 bits per heavy atom. The van der Waals surface area contributed by atoms with Gasteiger partial charge in [-0.25, -0.2) is 9.59 Å². The molecular formula is C16H30N4O4S2. The molecule has 0 heterocycles. The van der Waals surface area contributed by atoms with E-state index in [4.69, 9.17) is 0 Å². The van der Waals surface area contributed by atoms with Crippen molar-refractivity contribution in [1.82, 2.24) is 21.3 Å². The zero-order valence-electron chi connectivity index (χ0n) is 15.5. The second kappa shape index (κ2) is 17.0. The monoisotopic (exact) mass is 406 g/mol. The maximum Gasteiger partial charge on any atom is 0.321 e. The van der Waals surface area contributed by atoms with Crippen LogP contribution in [0.15, 0.2) is 0 Å². The van der Waals surface area contributed by atoms with Gasteiger partial charge >= 0.3 is 12.1 Å². The van der Waals surface area contributed by atoms with Gasteiger partial charge in [-0.05, 0) is 12.8 Å². The van der Waals surface area contributed by atoms with Crippen LogP contribution in [0.25, 0.3) is 0 Å². The largest absolute Gasteiger partial charge is 0.338 e. The number of hydrogen-bond acceptors (Lipinski definition) is 6. The Hall–Kier alpha value is -1.42. The van der Waals surface area contributed by atoms with Crippen molar-refractivity contribution in [3.05, 3.63) is 0 Å². The smallest absolute Gasteiger partial charge is 0.321 e. The highest BCUT2D eigenvalue weighted by atomic mass is 33.1. The third-order valence-electron chi connectivity index (χ3n) is 3.07. The number of imide groups is 2. The van der Waals surface area contributed by atoms with Crippen LogP contribution in [-0.4, -0.2) is 48.5 Å². The van der Waals surface area contributed by atoms with E-state index in [2.05, 4.69) is 21.3 Å². The topological polar surface area (TPSA) is 116 Å². The van der Waals surface area contributed by atoms with E-state index in [0.717, 1.165) is 32.1 Å². The highest BCUT2D eigenvalue weighted by Gasteiger charge is 2.08. The van der Waals surface area contributed by atoms with Crippen molar-refractivity contribution in [3.8, 4) is 0 Å². The third-order valence-corrected chi connectivity index (χ3v) is 5.34. The van der Waals surface area contributed by atoms with Crippen LogP contribution in [0.2, 0.25) is 0 Å². The molecule has 0 rings (SSSR count). The van der Waals surface area contributed by atoms with Gasteiger partial charge in [-0.1, -0.05) is 54.7 Å². The highest BCUT2D eigenvalue weighted by Crippen LogP contribution is 2.19. The summed E-state index contributed by atoms with van der Waals surface area (Å²) < 4.78 is 0. The molecule has 0 unspecified atom stereocenters. The lowest BCUT2D eigenvalue weighted by Gasteiger charge is -2.07. The second-order valence-electron chi connectivity index (χ2n) is 5.50. The van der Waals surface area contributed by atoms with Crippen LogP contribution < -0.4 is 21.3 Å². The Bertz CT molecular complexity index is 410. The summed E-state index contributed by atoms with van der Waals surface area (Å²) in [7, 11) is 2.70. The molecule has 0 aliphatic heterocycles. The Morgan fingerprint density at radius 1 is 0.731 bits per heavy atom. The van der Waals surface area contributed by atoms with Crippen LogP contribution >= 0.6 is 21.6 Å². The van der Waals surface area contributed by atoms with Crippen LogP contribution in [0.1, 0.15) is 52.4 Å². The fraction of sp³-hybridized carbons (Fsp3) is 0.750. The summed E-state index contributed by atoms with van der Waals surface area (Å²) in [6.45, 7) is 4.99. The summed E-state index contributed by atoms with van der Waals surface area (Å²) >= 11 is 0. The van der Waals surface area contributed by atoms with Crippen LogP contribution in [0, 0.1) is 0 Å². The summed E-state index contributed by atoms with van der Waals surface area (Å²) in [5.74, 6) is 0.0956. The van der Waals surface area contributed by atoms with Gasteiger partial charge in [0.1, 0.15) is 0 Å². The number of carbonyl (C=O) groups excluding carboxylic acids is 4. The molecule has 0 bridgehead atoms. The molecule has 10 heteroatoms. The molecule has 6 amide bonds. The van der Waals surface area contributed by atoms with Gasteiger partial charge < -0.3 is 10.6 Å². The van der Waals surface area contributed by atoms with Gasteiger partial charge in [-0.15, -0.1) is 0 Å². The molecular weight excluding hydrogens is 376 g/mol. The number of carbonyl (C=O) groups is 4. The fourth-order valence-corrected chi connectivity index (χ4v) is 3.46. The van der Waals surface area contributed by atoms with Gasteiger partial charge in [0.05, 0.1) is 5.75 Å². The van der Waals surface area contributed by atoms with Crippen molar-refractivity contribution in [1.29, 1.82) is 0 Å².